The minimum atomic E-state index is -0.0944. The van der Waals surface area contributed by atoms with E-state index in [2.05, 4.69) is 41.8 Å². The van der Waals surface area contributed by atoms with Crippen molar-refractivity contribution in [2.75, 3.05) is 19.6 Å². The number of likely N-dealkylation sites (tertiary alicyclic amines) is 1. The Labute approximate surface area is 163 Å². The molecule has 3 nitrogen and oxygen atoms in total. The van der Waals surface area contributed by atoms with Crippen LogP contribution >= 0.6 is 0 Å². The molecule has 1 N–H and O–H groups in total. The largest absolute Gasteiger partial charge is 0.489 e. The predicted octanol–water partition coefficient (Wildman–Crippen LogP) is 4.38. The van der Waals surface area contributed by atoms with Crippen molar-refractivity contribution in [1.82, 2.24) is 4.90 Å². The van der Waals surface area contributed by atoms with E-state index >= 15 is 0 Å². The monoisotopic (exact) mass is 365 g/mol. The fourth-order valence-electron chi connectivity index (χ4n) is 3.70. The van der Waals surface area contributed by atoms with E-state index in [0.717, 1.165) is 57.5 Å². The number of nitrogens with zero attached hydrogens (tertiary/aromatic N) is 1. The van der Waals surface area contributed by atoms with Crippen LogP contribution in [0.3, 0.4) is 0 Å². The molecule has 1 fully saturated rings. The first kappa shape index (κ1) is 19.7. The zero-order valence-electron chi connectivity index (χ0n) is 16.1. The van der Waals surface area contributed by atoms with Crippen LogP contribution in [0.15, 0.2) is 61.2 Å². The molecular weight excluding hydrogens is 334 g/mol. The van der Waals surface area contributed by atoms with Gasteiger partial charge in [-0.1, -0.05) is 48.5 Å². The Hall–Kier alpha value is -2.10. The fraction of sp³-hybridized carbons (Fsp3) is 0.417. The maximum Gasteiger partial charge on any atom is 0.123 e. The smallest absolute Gasteiger partial charge is 0.123 e. The van der Waals surface area contributed by atoms with Crippen LogP contribution < -0.4 is 4.74 Å². The molecule has 2 aromatic carbocycles. The summed E-state index contributed by atoms with van der Waals surface area (Å²) in [5.74, 6) is 0.944. The van der Waals surface area contributed by atoms with Gasteiger partial charge in [0.2, 0.25) is 0 Å². The number of ether oxygens (including phenoxy) is 1. The molecule has 2 aromatic rings. The summed E-state index contributed by atoms with van der Waals surface area (Å²) in [6.07, 6.45) is 6.66. The zero-order valence-corrected chi connectivity index (χ0v) is 16.1. The summed E-state index contributed by atoms with van der Waals surface area (Å²) in [4.78, 5) is 2.47. The van der Waals surface area contributed by atoms with Gasteiger partial charge in [-0.3, -0.25) is 0 Å². The van der Waals surface area contributed by atoms with Crippen molar-refractivity contribution in [1.29, 1.82) is 0 Å². The van der Waals surface area contributed by atoms with E-state index in [4.69, 9.17) is 4.74 Å². The highest BCUT2D eigenvalue weighted by Crippen LogP contribution is 2.21. The predicted molar refractivity (Wildman–Crippen MR) is 111 cm³/mol. The van der Waals surface area contributed by atoms with Crippen LogP contribution in [-0.2, 0) is 19.4 Å². The van der Waals surface area contributed by atoms with Gasteiger partial charge in [0, 0.05) is 13.1 Å². The molecule has 0 unspecified atom stereocenters. The third-order valence-corrected chi connectivity index (χ3v) is 5.32. The molecule has 0 spiro atoms. The van der Waals surface area contributed by atoms with E-state index in [0.29, 0.717) is 6.61 Å². The van der Waals surface area contributed by atoms with Crippen molar-refractivity contribution < 1.29 is 9.84 Å². The van der Waals surface area contributed by atoms with Gasteiger partial charge in [0.1, 0.15) is 12.4 Å². The van der Waals surface area contributed by atoms with Crippen molar-refractivity contribution in [3.05, 3.63) is 77.9 Å². The van der Waals surface area contributed by atoms with Gasteiger partial charge >= 0.3 is 0 Å². The molecule has 3 rings (SSSR count). The summed E-state index contributed by atoms with van der Waals surface area (Å²) in [6.45, 7) is 7.57. The summed E-state index contributed by atoms with van der Waals surface area (Å²) in [6, 6.07) is 16.8. The van der Waals surface area contributed by atoms with Crippen LogP contribution in [0, 0.1) is 0 Å². The van der Waals surface area contributed by atoms with Gasteiger partial charge in [-0.2, -0.15) is 0 Å². The number of aryl methyl sites for hydroxylation is 1. The molecule has 1 aliphatic rings. The number of hydrogen-bond acceptors (Lipinski definition) is 3. The van der Waals surface area contributed by atoms with Crippen molar-refractivity contribution in [2.24, 2.45) is 0 Å². The second-order valence-electron chi connectivity index (χ2n) is 7.33. The molecule has 1 saturated heterocycles. The number of allylic oxidation sites excluding steroid dienone is 1. The van der Waals surface area contributed by atoms with Crippen LogP contribution in [0.2, 0.25) is 0 Å². The van der Waals surface area contributed by atoms with Crippen molar-refractivity contribution in [3.8, 4) is 5.75 Å². The maximum absolute atomic E-state index is 9.63. The highest BCUT2D eigenvalue weighted by Gasteiger charge is 2.16. The van der Waals surface area contributed by atoms with Crippen LogP contribution in [0.25, 0.3) is 0 Å². The second-order valence-corrected chi connectivity index (χ2v) is 7.33. The van der Waals surface area contributed by atoms with E-state index in [9.17, 15) is 5.11 Å². The lowest BCUT2D eigenvalue weighted by molar-refractivity contribution is 0.0821. The molecule has 1 heterocycles. The lowest BCUT2D eigenvalue weighted by atomic mass is 10.0. The Balaban J connectivity index is 1.54. The Kier molecular flexibility index (Phi) is 7.49. The standard InChI is InChI=1S/C24H31NO2/c1-2-8-21-10-5-6-13-24(21)27-19-22-11-4-3-9-20(22)12-7-16-25-17-14-23(26)15-18-25/h2-6,9-11,13,23,26H,1,7-8,12,14-19H2. The highest BCUT2D eigenvalue weighted by atomic mass is 16.5. The van der Waals surface area contributed by atoms with E-state index in [1.807, 2.05) is 24.3 Å². The van der Waals surface area contributed by atoms with Gasteiger partial charge in [0.05, 0.1) is 6.10 Å². The molecule has 0 atom stereocenters. The van der Waals surface area contributed by atoms with Gasteiger partial charge in [0.25, 0.3) is 0 Å². The summed E-state index contributed by atoms with van der Waals surface area (Å²) in [5.41, 5.74) is 3.81. The molecule has 0 aromatic heterocycles. The van der Waals surface area contributed by atoms with E-state index in [1.54, 1.807) is 0 Å². The van der Waals surface area contributed by atoms with E-state index in [-0.39, 0.29) is 6.10 Å². The van der Waals surface area contributed by atoms with Gasteiger partial charge in [-0.15, -0.1) is 6.58 Å². The van der Waals surface area contributed by atoms with Crippen LogP contribution in [0.4, 0.5) is 0 Å². The third kappa shape index (κ3) is 5.95. The van der Waals surface area contributed by atoms with Crippen LogP contribution in [-0.4, -0.2) is 35.7 Å². The minimum absolute atomic E-state index is 0.0944. The SMILES string of the molecule is C=CCc1ccccc1OCc1ccccc1CCCN1CCC(O)CC1. The van der Waals surface area contributed by atoms with Crippen molar-refractivity contribution in [3.63, 3.8) is 0 Å². The number of benzene rings is 2. The fourth-order valence-corrected chi connectivity index (χ4v) is 3.70. The lowest BCUT2D eigenvalue weighted by Crippen LogP contribution is -2.36. The topological polar surface area (TPSA) is 32.7 Å². The Morgan fingerprint density at radius 3 is 2.41 bits per heavy atom. The van der Waals surface area contributed by atoms with Gasteiger partial charge < -0.3 is 14.7 Å². The maximum atomic E-state index is 9.63. The van der Waals surface area contributed by atoms with Gasteiger partial charge in [0.15, 0.2) is 0 Å². The van der Waals surface area contributed by atoms with Gasteiger partial charge in [-0.05, 0) is 61.4 Å². The average molecular weight is 366 g/mol. The molecule has 0 amide bonds. The Morgan fingerprint density at radius 1 is 1.00 bits per heavy atom. The summed E-state index contributed by atoms with van der Waals surface area (Å²) < 4.78 is 6.14. The molecular formula is C24H31NO2. The molecule has 0 saturated carbocycles. The molecule has 1 aliphatic heterocycles. The number of piperidine rings is 1. The summed E-state index contributed by atoms with van der Waals surface area (Å²) >= 11 is 0. The minimum Gasteiger partial charge on any atom is -0.489 e. The normalized spacial score (nSPS) is 15.6. The average Bonchev–Trinajstić information content (AvgIpc) is 2.70. The molecule has 0 radical (unpaired) electrons. The van der Waals surface area contributed by atoms with Crippen molar-refractivity contribution >= 4 is 0 Å². The second kappa shape index (κ2) is 10.3. The first-order valence-corrected chi connectivity index (χ1v) is 10.0. The highest BCUT2D eigenvalue weighted by molar-refractivity contribution is 5.35. The number of aliphatic hydroxyl groups excluding tert-OH is 1. The first-order valence-electron chi connectivity index (χ1n) is 10.0. The van der Waals surface area contributed by atoms with Crippen LogP contribution in [0.5, 0.6) is 5.75 Å². The quantitative estimate of drug-likeness (QED) is 0.669. The molecule has 0 bridgehead atoms. The van der Waals surface area contributed by atoms with E-state index < -0.39 is 0 Å². The Morgan fingerprint density at radius 2 is 1.67 bits per heavy atom. The number of hydrogen-bond donors (Lipinski definition) is 1. The third-order valence-electron chi connectivity index (χ3n) is 5.32. The molecule has 3 heteroatoms. The van der Waals surface area contributed by atoms with Gasteiger partial charge in [-0.25, -0.2) is 0 Å². The number of aliphatic hydroxyl groups is 1. The van der Waals surface area contributed by atoms with E-state index in [1.165, 1.54) is 16.7 Å². The summed E-state index contributed by atoms with van der Waals surface area (Å²) in [5, 5.41) is 9.63. The van der Waals surface area contributed by atoms with Crippen LogP contribution in [0.1, 0.15) is 36.0 Å². The first-order chi connectivity index (χ1) is 13.3. The lowest BCUT2D eigenvalue weighted by Gasteiger charge is -2.29. The molecule has 0 aliphatic carbocycles. The molecule has 144 valence electrons. The van der Waals surface area contributed by atoms with Crippen molar-refractivity contribution in [2.45, 2.75) is 44.8 Å². The molecule has 27 heavy (non-hydrogen) atoms. The summed E-state index contributed by atoms with van der Waals surface area (Å²) in [7, 11) is 0. The number of para-hydroxylation sites is 1. The number of rotatable bonds is 9. The Bertz CT molecular complexity index is 720. The zero-order chi connectivity index (χ0) is 18.9.